The molecule has 0 saturated heterocycles. The topological polar surface area (TPSA) is 172 Å². The summed E-state index contributed by atoms with van der Waals surface area (Å²) in [4.78, 5) is 0. The minimum Gasteiger partial charge on any atom is -0.322 e. The van der Waals surface area contributed by atoms with Gasteiger partial charge in [0.15, 0.2) is 0 Å². The predicted molar refractivity (Wildman–Crippen MR) is 153 cm³/mol. The minimum absolute atomic E-state index is 0.0894. The van der Waals surface area contributed by atoms with E-state index in [-0.39, 0.29) is 23.6 Å². The van der Waals surface area contributed by atoms with E-state index < -0.39 is 20.0 Å². The molecule has 0 spiro atoms. The fourth-order valence-corrected chi connectivity index (χ4v) is 4.69. The van der Waals surface area contributed by atoms with Crippen LogP contribution in [0.25, 0.3) is 0 Å². The van der Waals surface area contributed by atoms with Crippen LogP contribution in [0.1, 0.15) is 34.3 Å². The van der Waals surface area contributed by atoms with Crippen LogP contribution in [-0.2, 0) is 31.6 Å². The highest BCUT2D eigenvalue weighted by atomic mass is 32.2. The molecule has 0 aliphatic heterocycles. The molecule has 0 bridgehead atoms. The number of hydrogen-bond acceptors (Lipinski definition) is 6. The Morgan fingerprint density at radius 2 is 0.684 bits per heavy atom. The van der Waals surface area contributed by atoms with Gasteiger partial charge in [0, 0.05) is 12.1 Å². The number of benzene rings is 4. The summed E-state index contributed by atoms with van der Waals surface area (Å²) in [6, 6.07) is 37.2. The van der Waals surface area contributed by atoms with E-state index in [1.807, 2.05) is 72.8 Å². The predicted octanol–water partition coefficient (Wildman–Crippen LogP) is 3.34. The van der Waals surface area contributed by atoms with Gasteiger partial charge in [0.05, 0.1) is 11.5 Å². The first-order valence-electron chi connectivity index (χ1n) is 11.6. The fourth-order valence-electron chi connectivity index (χ4n) is 3.38. The zero-order valence-corrected chi connectivity index (χ0v) is 22.5. The zero-order valence-electron chi connectivity index (χ0n) is 20.9. The SMILES string of the molecule is NS(=O)(=O)Cc1ccccc1.NS(=O)(=O)Cc1ccccc1.N[C@@H](c1ccccc1)[C@@H](N)c1ccccc1. The summed E-state index contributed by atoms with van der Waals surface area (Å²) >= 11 is 0. The van der Waals surface area contributed by atoms with E-state index in [9.17, 15) is 16.8 Å². The van der Waals surface area contributed by atoms with E-state index in [1.54, 1.807) is 48.5 Å². The van der Waals surface area contributed by atoms with E-state index in [0.29, 0.717) is 0 Å². The van der Waals surface area contributed by atoms with Crippen LogP contribution in [-0.4, -0.2) is 16.8 Å². The van der Waals surface area contributed by atoms with E-state index in [0.717, 1.165) is 22.3 Å². The molecule has 8 nitrogen and oxygen atoms in total. The van der Waals surface area contributed by atoms with Crippen molar-refractivity contribution >= 4 is 20.0 Å². The molecule has 0 amide bonds. The Bertz CT molecular complexity index is 1310. The van der Waals surface area contributed by atoms with Crippen LogP contribution >= 0.6 is 0 Å². The molecule has 38 heavy (non-hydrogen) atoms. The third-order valence-electron chi connectivity index (χ3n) is 5.18. The van der Waals surface area contributed by atoms with Crippen LogP contribution in [0.5, 0.6) is 0 Å². The largest absolute Gasteiger partial charge is 0.322 e. The summed E-state index contributed by atoms with van der Waals surface area (Å²) in [5.74, 6) is -0.179. The third kappa shape index (κ3) is 12.7. The molecule has 0 aliphatic rings. The van der Waals surface area contributed by atoms with Crippen molar-refractivity contribution in [3.63, 3.8) is 0 Å². The van der Waals surface area contributed by atoms with Crippen LogP contribution in [0.15, 0.2) is 121 Å². The average molecular weight is 555 g/mol. The Kier molecular flexibility index (Phi) is 12.3. The highest BCUT2D eigenvalue weighted by molar-refractivity contribution is 7.88. The molecule has 0 saturated carbocycles. The highest BCUT2D eigenvalue weighted by Gasteiger charge is 2.16. The van der Waals surface area contributed by atoms with Crippen LogP contribution in [0.4, 0.5) is 0 Å². The second kappa shape index (κ2) is 15.1. The average Bonchev–Trinajstić information content (AvgIpc) is 2.89. The molecule has 4 rings (SSSR count). The second-order valence-electron chi connectivity index (χ2n) is 8.46. The van der Waals surface area contributed by atoms with Gasteiger partial charge in [-0.05, 0) is 22.3 Å². The number of sulfonamides is 2. The Morgan fingerprint density at radius 3 is 0.921 bits per heavy atom. The molecular formula is C28H34N4O4S2. The highest BCUT2D eigenvalue weighted by Crippen LogP contribution is 2.23. The first kappa shape index (κ1) is 30.8. The van der Waals surface area contributed by atoms with Crippen LogP contribution in [0, 0.1) is 0 Å². The smallest absolute Gasteiger partial charge is 0.213 e. The quantitative estimate of drug-likeness (QED) is 0.273. The van der Waals surface area contributed by atoms with Crippen molar-refractivity contribution in [3.8, 4) is 0 Å². The standard InChI is InChI=1S/C14H16N2.2C7H9NO2S/c15-13(11-7-3-1-4-8-11)14(16)12-9-5-2-6-10-12;2*8-11(9,10)6-7-4-2-1-3-5-7/h1-10,13-14H,15-16H2;2*1-5H,6H2,(H2,8,9,10)/t13-,14-;;/m0../s1. The summed E-state index contributed by atoms with van der Waals surface area (Å²) in [7, 11) is -6.75. The maximum atomic E-state index is 10.6. The van der Waals surface area contributed by atoms with Crippen molar-refractivity contribution in [1.29, 1.82) is 0 Å². The molecule has 0 heterocycles. The van der Waals surface area contributed by atoms with Crippen LogP contribution in [0.2, 0.25) is 0 Å². The third-order valence-corrected chi connectivity index (χ3v) is 6.65. The lowest BCUT2D eigenvalue weighted by Gasteiger charge is -2.20. The Labute approximate surface area is 225 Å². The minimum atomic E-state index is -3.38. The van der Waals surface area contributed by atoms with Crippen LogP contribution in [0.3, 0.4) is 0 Å². The summed E-state index contributed by atoms with van der Waals surface area (Å²) in [5, 5.41) is 9.68. The van der Waals surface area contributed by atoms with Gasteiger partial charge in [-0.15, -0.1) is 0 Å². The molecule has 8 N–H and O–H groups in total. The fraction of sp³-hybridized carbons (Fsp3) is 0.143. The summed E-state index contributed by atoms with van der Waals surface area (Å²) in [6.07, 6.45) is 0. The Balaban J connectivity index is 0.000000206. The summed E-state index contributed by atoms with van der Waals surface area (Å²) < 4.78 is 42.3. The lowest BCUT2D eigenvalue weighted by atomic mass is 9.95. The van der Waals surface area contributed by atoms with Gasteiger partial charge in [0.1, 0.15) is 0 Å². The van der Waals surface area contributed by atoms with Crippen molar-refractivity contribution in [2.75, 3.05) is 0 Å². The van der Waals surface area contributed by atoms with Gasteiger partial charge in [0.25, 0.3) is 0 Å². The van der Waals surface area contributed by atoms with Crippen LogP contribution < -0.4 is 21.7 Å². The van der Waals surface area contributed by atoms with Gasteiger partial charge in [-0.3, -0.25) is 0 Å². The van der Waals surface area contributed by atoms with Crippen molar-refractivity contribution in [1.82, 2.24) is 0 Å². The molecule has 0 aromatic heterocycles. The van der Waals surface area contributed by atoms with Crippen molar-refractivity contribution in [2.45, 2.75) is 23.6 Å². The maximum Gasteiger partial charge on any atom is 0.213 e. The Hall–Kier alpha value is -3.38. The van der Waals surface area contributed by atoms with E-state index in [4.69, 9.17) is 21.7 Å². The molecule has 10 heteroatoms. The lowest BCUT2D eigenvalue weighted by Crippen LogP contribution is -2.26. The molecule has 0 aliphatic carbocycles. The zero-order chi connectivity index (χ0) is 28.0. The van der Waals surface area contributed by atoms with Gasteiger partial charge in [0.2, 0.25) is 20.0 Å². The molecule has 0 fully saturated rings. The first-order valence-corrected chi connectivity index (χ1v) is 15.1. The second-order valence-corrected chi connectivity index (χ2v) is 11.7. The van der Waals surface area contributed by atoms with Crippen molar-refractivity contribution < 1.29 is 16.8 Å². The molecule has 0 radical (unpaired) electrons. The van der Waals surface area contributed by atoms with Gasteiger partial charge in [-0.25, -0.2) is 27.1 Å². The number of primary sulfonamides is 2. The van der Waals surface area contributed by atoms with Gasteiger partial charge in [-0.1, -0.05) is 121 Å². The lowest BCUT2D eigenvalue weighted by molar-refractivity contribution is 0.574. The van der Waals surface area contributed by atoms with Gasteiger partial charge < -0.3 is 11.5 Å². The monoisotopic (exact) mass is 554 g/mol. The van der Waals surface area contributed by atoms with E-state index in [1.165, 1.54) is 0 Å². The summed E-state index contributed by atoms with van der Waals surface area (Å²) in [5.41, 5.74) is 15.9. The normalized spacial score (nSPS) is 12.6. The first-order chi connectivity index (χ1) is 17.9. The number of nitrogens with two attached hydrogens (primary N) is 4. The van der Waals surface area contributed by atoms with Gasteiger partial charge >= 0.3 is 0 Å². The summed E-state index contributed by atoms with van der Waals surface area (Å²) in [6.45, 7) is 0. The maximum absolute atomic E-state index is 10.6. The number of rotatable bonds is 7. The molecule has 2 atom stereocenters. The van der Waals surface area contributed by atoms with Crippen molar-refractivity contribution in [2.24, 2.45) is 21.7 Å². The molecule has 4 aromatic rings. The number of hydrogen-bond donors (Lipinski definition) is 4. The Morgan fingerprint density at radius 1 is 0.447 bits per heavy atom. The molecule has 4 aromatic carbocycles. The van der Waals surface area contributed by atoms with E-state index in [2.05, 4.69) is 0 Å². The molecular weight excluding hydrogens is 520 g/mol. The van der Waals surface area contributed by atoms with E-state index >= 15 is 0 Å². The molecule has 202 valence electrons. The molecule has 0 unspecified atom stereocenters. The van der Waals surface area contributed by atoms with Crippen molar-refractivity contribution in [3.05, 3.63) is 144 Å². The van der Waals surface area contributed by atoms with Gasteiger partial charge in [-0.2, -0.15) is 0 Å².